The number of nitrogens with zero attached hydrogens (tertiary/aromatic N) is 3. The number of alkyl halides is 3. The molecule has 154 valence electrons. The van der Waals surface area contributed by atoms with Crippen LogP contribution in [0, 0.1) is 5.82 Å². The second-order valence-corrected chi connectivity index (χ2v) is 6.91. The predicted octanol–water partition coefficient (Wildman–Crippen LogP) is 4.81. The Kier molecular flexibility index (Phi) is 5.07. The van der Waals surface area contributed by atoms with E-state index in [1.807, 2.05) is 0 Å². The molecular weight excluding hydrogens is 424 g/mol. The van der Waals surface area contributed by atoms with Crippen LogP contribution in [-0.2, 0) is 6.54 Å². The van der Waals surface area contributed by atoms with E-state index in [-0.39, 0.29) is 29.5 Å². The number of halogens is 5. The highest BCUT2D eigenvalue weighted by molar-refractivity contribution is 6.31. The fraction of sp³-hybridized carbons (Fsp3) is 0.150. The second-order valence-electron chi connectivity index (χ2n) is 6.47. The quantitative estimate of drug-likeness (QED) is 0.598. The van der Waals surface area contributed by atoms with Gasteiger partial charge >= 0.3 is 6.18 Å². The minimum Gasteiger partial charge on any atom is -0.483 e. The van der Waals surface area contributed by atoms with E-state index in [1.165, 1.54) is 18.3 Å². The summed E-state index contributed by atoms with van der Waals surface area (Å²) in [6, 6.07) is 8.48. The summed E-state index contributed by atoms with van der Waals surface area (Å²) in [7, 11) is 0. The monoisotopic (exact) mass is 436 g/mol. The maximum Gasteiger partial charge on any atom is 0.422 e. The number of ether oxygens (including phenoxy) is 1. The Morgan fingerprint density at radius 3 is 2.70 bits per heavy atom. The van der Waals surface area contributed by atoms with Gasteiger partial charge in [-0.1, -0.05) is 23.7 Å². The standard InChI is InChI=1S/C20H13ClF4N4O/c21-11-4-5-12-13(6-11)18(27-7-10-8-28-19(26)29-17(10)12)16-14(22)2-1-3-15(16)30-9-20(23,24)25/h1-6,8H,7,9H2,(H2,26,28,29). The highest BCUT2D eigenvalue weighted by Gasteiger charge is 2.30. The first kappa shape index (κ1) is 20.1. The lowest BCUT2D eigenvalue weighted by molar-refractivity contribution is -0.153. The summed E-state index contributed by atoms with van der Waals surface area (Å²) in [6.07, 6.45) is -3.08. The van der Waals surface area contributed by atoms with Crippen LogP contribution in [0.25, 0.3) is 11.3 Å². The molecule has 0 fully saturated rings. The number of benzene rings is 2. The van der Waals surface area contributed by atoms with Crippen LogP contribution < -0.4 is 10.5 Å². The zero-order chi connectivity index (χ0) is 21.5. The predicted molar refractivity (Wildman–Crippen MR) is 104 cm³/mol. The SMILES string of the molecule is Nc1ncc2c(n1)-c1ccc(Cl)cc1C(c1c(F)cccc1OCC(F)(F)F)=NC2. The number of hydrogen-bond acceptors (Lipinski definition) is 5. The normalized spacial score (nSPS) is 13.2. The third kappa shape index (κ3) is 3.93. The van der Waals surface area contributed by atoms with Crippen LogP contribution in [0.2, 0.25) is 5.02 Å². The first-order chi connectivity index (χ1) is 14.2. The van der Waals surface area contributed by atoms with Gasteiger partial charge in [0.2, 0.25) is 5.95 Å². The summed E-state index contributed by atoms with van der Waals surface area (Å²) in [5.74, 6) is -1.03. The molecule has 0 saturated heterocycles. The molecule has 1 aliphatic rings. The van der Waals surface area contributed by atoms with Gasteiger partial charge in [-0.15, -0.1) is 0 Å². The molecule has 4 rings (SSSR count). The number of aliphatic imine (C=N–C) groups is 1. The molecule has 0 radical (unpaired) electrons. The van der Waals surface area contributed by atoms with Crippen molar-refractivity contribution in [2.45, 2.75) is 12.7 Å². The Labute approximate surface area is 173 Å². The summed E-state index contributed by atoms with van der Waals surface area (Å²) in [6.45, 7) is -1.51. The second kappa shape index (κ2) is 7.56. The number of aromatic nitrogens is 2. The van der Waals surface area contributed by atoms with Crippen LogP contribution in [0.3, 0.4) is 0 Å². The molecule has 2 aromatic carbocycles. The van der Waals surface area contributed by atoms with Crippen molar-refractivity contribution < 1.29 is 22.3 Å². The smallest absolute Gasteiger partial charge is 0.422 e. The van der Waals surface area contributed by atoms with Gasteiger partial charge in [0.05, 0.1) is 23.5 Å². The first-order valence-electron chi connectivity index (χ1n) is 8.67. The summed E-state index contributed by atoms with van der Waals surface area (Å²) in [5.41, 5.74) is 7.67. The largest absolute Gasteiger partial charge is 0.483 e. The van der Waals surface area contributed by atoms with E-state index in [9.17, 15) is 17.6 Å². The number of hydrogen-bond donors (Lipinski definition) is 1. The van der Waals surface area contributed by atoms with Gasteiger partial charge < -0.3 is 10.5 Å². The van der Waals surface area contributed by atoms with E-state index in [4.69, 9.17) is 22.1 Å². The molecule has 5 nitrogen and oxygen atoms in total. The van der Waals surface area contributed by atoms with Gasteiger partial charge in [0.15, 0.2) is 6.61 Å². The molecule has 2 N–H and O–H groups in total. The van der Waals surface area contributed by atoms with Gasteiger partial charge in [-0.05, 0) is 24.3 Å². The third-order valence-electron chi connectivity index (χ3n) is 4.39. The molecule has 1 aromatic heterocycles. The number of nitrogens with two attached hydrogens (primary N) is 1. The van der Waals surface area contributed by atoms with E-state index in [0.29, 0.717) is 27.4 Å². The zero-order valence-corrected chi connectivity index (χ0v) is 15.9. The van der Waals surface area contributed by atoms with Crippen molar-refractivity contribution in [3.63, 3.8) is 0 Å². The summed E-state index contributed by atoms with van der Waals surface area (Å²) < 4.78 is 57.8. The molecule has 0 amide bonds. The Bertz CT molecular complexity index is 1160. The minimum atomic E-state index is -4.58. The van der Waals surface area contributed by atoms with E-state index in [0.717, 1.165) is 6.07 Å². The summed E-state index contributed by atoms with van der Waals surface area (Å²) >= 11 is 6.16. The molecule has 0 bridgehead atoms. The van der Waals surface area contributed by atoms with E-state index < -0.39 is 18.6 Å². The van der Waals surface area contributed by atoms with Crippen LogP contribution in [0.4, 0.5) is 23.5 Å². The topological polar surface area (TPSA) is 73.4 Å². The summed E-state index contributed by atoms with van der Waals surface area (Å²) in [5, 5.41) is 0.334. The van der Waals surface area contributed by atoms with Crippen molar-refractivity contribution in [3.05, 3.63) is 70.1 Å². The molecular formula is C20H13ClF4N4O. The van der Waals surface area contributed by atoms with E-state index >= 15 is 0 Å². The van der Waals surface area contributed by atoms with Crippen LogP contribution >= 0.6 is 11.6 Å². The lowest BCUT2D eigenvalue weighted by Gasteiger charge is -2.16. The van der Waals surface area contributed by atoms with Crippen LogP contribution in [-0.4, -0.2) is 28.5 Å². The van der Waals surface area contributed by atoms with Gasteiger partial charge in [0.1, 0.15) is 11.6 Å². The van der Waals surface area contributed by atoms with Gasteiger partial charge in [-0.2, -0.15) is 13.2 Å². The number of fused-ring (bicyclic) bond motifs is 3. The van der Waals surface area contributed by atoms with Crippen LogP contribution in [0.5, 0.6) is 5.75 Å². The van der Waals surface area contributed by atoms with Gasteiger partial charge in [-0.25, -0.2) is 14.4 Å². The molecule has 3 aromatic rings. The Balaban J connectivity index is 1.92. The Morgan fingerprint density at radius 2 is 1.93 bits per heavy atom. The van der Waals surface area contributed by atoms with Gasteiger partial charge in [-0.3, -0.25) is 4.99 Å². The molecule has 0 spiro atoms. The molecule has 2 heterocycles. The zero-order valence-electron chi connectivity index (χ0n) is 15.2. The van der Waals surface area contributed by atoms with E-state index in [1.54, 1.807) is 18.2 Å². The lowest BCUT2D eigenvalue weighted by atomic mass is 9.94. The fourth-order valence-corrected chi connectivity index (χ4v) is 3.34. The van der Waals surface area contributed by atoms with Crippen molar-refractivity contribution in [1.29, 1.82) is 0 Å². The highest BCUT2D eigenvalue weighted by atomic mass is 35.5. The number of anilines is 1. The van der Waals surface area contributed by atoms with Gasteiger partial charge in [0, 0.05) is 27.9 Å². The minimum absolute atomic E-state index is 0.0400. The number of nitrogen functional groups attached to an aromatic ring is 1. The van der Waals surface area contributed by atoms with Crippen molar-refractivity contribution >= 4 is 23.3 Å². The van der Waals surface area contributed by atoms with Crippen LogP contribution in [0.1, 0.15) is 16.7 Å². The fourth-order valence-electron chi connectivity index (χ4n) is 3.17. The first-order valence-corrected chi connectivity index (χ1v) is 9.05. The average molecular weight is 437 g/mol. The van der Waals surface area contributed by atoms with E-state index in [2.05, 4.69) is 15.0 Å². The maximum absolute atomic E-state index is 14.9. The maximum atomic E-state index is 14.9. The lowest BCUT2D eigenvalue weighted by Crippen LogP contribution is -2.21. The molecule has 0 atom stereocenters. The van der Waals surface area contributed by atoms with Crippen LogP contribution in [0.15, 0.2) is 47.6 Å². The molecule has 0 aliphatic carbocycles. The molecule has 30 heavy (non-hydrogen) atoms. The Morgan fingerprint density at radius 1 is 1.13 bits per heavy atom. The average Bonchev–Trinajstić information content (AvgIpc) is 2.82. The van der Waals surface area contributed by atoms with Crippen molar-refractivity contribution in [1.82, 2.24) is 9.97 Å². The van der Waals surface area contributed by atoms with Crippen molar-refractivity contribution in [3.8, 4) is 17.0 Å². The highest BCUT2D eigenvalue weighted by Crippen LogP contribution is 2.36. The molecule has 0 unspecified atom stereocenters. The van der Waals surface area contributed by atoms with Crippen molar-refractivity contribution in [2.24, 2.45) is 4.99 Å². The Hall–Kier alpha value is -3.20. The molecule has 0 saturated carbocycles. The van der Waals surface area contributed by atoms with Crippen molar-refractivity contribution in [2.75, 3.05) is 12.3 Å². The molecule has 10 heteroatoms. The molecule has 1 aliphatic heterocycles. The van der Waals surface area contributed by atoms with Gasteiger partial charge in [0.25, 0.3) is 0 Å². The summed E-state index contributed by atoms with van der Waals surface area (Å²) in [4.78, 5) is 12.7. The third-order valence-corrected chi connectivity index (χ3v) is 4.62. The number of rotatable bonds is 3.